The largest absolute Gasteiger partial charge is 0.494 e. The number of nitrogens with zero attached hydrogens (tertiary/aromatic N) is 2. The van der Waals surface area contributed by atoms with Gasteiger partial charge in [-0.3, -0.25) is 0 Å². The van der Waals surface area contributed by atoms with Crippen molar-refractivity contribution < 1.29 is 13.9 Å². The van der Waals surface area contributed by atoms with Crippen LogP contribution in [0.3, 0.4) is 0 Å². The molecule has 1 aromatic carbocycles. The summed E-state index contributed by atoms with van der Waals surface area (Å²) >= 11 is 0. The SMILES string of the molecule is COc1ccc([C@H](C)NC(=O)NCCCn2ccnc2)cc1F. The first kappa shape index (κ1) is 16.8. The Morgan fingerprint density at radius 2 is 2.30 bits per heavy atom. The van der Waals surface area contributed by atoms with Crippen LogP contribution in [0.1, 0.15) is 24.9 Å². The zero-order chi connectivity index (χ0) is 16.7. The van der Waals surface area contributed by atoms with Crippen LogP contribution in [0.2, 0.25) is 0 Å². The summed E-state index contributed by atoms with van der Waals surface area (Å²) in [6, 6.07) is 4.06. The molecule has 2 aromatic rings. The highest BCUT2D eigenvalue weighted by Crippen LogP contribution is 2.21. The summed E-state index contributed by atoms with van der Waals surface area (Å²) < 4.78 is 20.5. The number of nitrogens with one attached hydrogen (secondary N) is 2. The maximum atomic E-state index is 13.7. The van der Waals surface area contributed by atoms with E-state index in [2.05, 4.69) is 15.6 Å². The first-order valence-corrected chi connectivity index (χ1v) is 7.43. The molecule has 0 bridgehead atoms. The standard InChI is InChI=1S/C16H21FN4O2/c1-12(13-4-5-15(23-2)14(17)10-13)20-16(22)19-6-3-8-21-9-7-18-11-21/h4-5,7,9-12H,3,6,8H2,1-2H3,(H2,19,20,22)/t12-/m0/s1. The fourth-order valence-electron chi connectivity index (χ4n) is 2.17. The molecule has 7 heteroatoms. The Morgan fingerprint density at radius 1 is 1.48 bits per heavy atom. The highest BCUT2D eigenvalue weighted by molar-refractivity contribution is 5.74. The lowest BCUT2D eigenvalue weighted by Crippen LogP contribution is -2.37. The van der Waals surface area contributed by atoms with E-state index in [0.29, 0.717) is 12.1 Å². The zero-order valence-electron chi connectivity index (χ0n) is 13.3. The number of ether oxygens (including phenoxy) is 1. The van der Waals surface area contributed by atoms with Gasteiger partial charge in [-0.05, 0) is 31.0 Å². The number of hydrogen-bond acceptors (Lipinski definition) is 3. The Hall–Kier alpha value is -2.57. The van der Waals surface area contributed by atoms with Gasteiger partial charge in [0.25, 0.3) is 0 Å². The van der Waals surface area contributed by atoms with Crippen molar-refractivity contribution in [3.63, 3.8) is 0 Å². The third-order valence-corrected chi connectivity index (χ3v) is 3.46. The third kappa shape index (κ3) is 4.98. The van der Waals surface area contributed by atoms with Gasteiger partial charge in [0, 0.05) is 25.5 Å². The summed E-state index contributed by atoms with van der Waals surface area (Å²) in [4.78, 5) is 15.8. The molecule has 0 aliphatic carbocycles. The van der Waals surface area contributed by atoms with Crippen molar-refractivity contribution in [1.29, 1.82) is 0 Å². The molecule has 23 heavy (non-hydrogen) atoms. The fourth-order valence-corrected chi connectivity index (χ4v) is 2.17. The zero-order valence-corrected chi connectivity index (χ0v) is 13.3. The molecular weight excluding hydrogens is 299 g/mol. The van der Waals surface area contributed by atoms with Crippen molar-refractivity contribution >= 4 is 6.03 Å². The second kappa shape index (κ2) is 8.17. The van der Waals surface area contributed by atoms with Crippen LogP contribution in [0.4, 0.5) is 9.18 Å². The number of methoxy groups -OCH3 is 1. The smallest absolute Gasteiger partial charge is 0.315 e. The van der Waals surface area contributed by atoms with Gasteiger partial charge in [-0.15, -0.1) is 0 Å². The summed E-state index contributed by atoms with van der Waals surface area (Å²) in [5.74, 6) is -0.260. The van der Waals surface area contributed by atoms with Crippen LogP contribution in [0.15, 0.2) is 36.9 Å². The van der Waals surface area contributed by atoms with E-state index in [4.69, 9.17) is 4.74 Å². The van der Waals surface area contributed by atoms with Crippen molar-refractivity contribution in [2.75, 3.05) is 13.7 Å². The second-order valence-corrected chi connectivity index (χ2v) is 5.17. The first-order valence-electron chi connectivity index (χ1n) is 7.43. The quantitative estimate of drug-likeness (QED) is 0.770. The molecule has 2 N–H and O–H groups in total. The fraction of sp³-hybridized carbons (Fsp3) is 0.375. The molecule has 6 nitrogen and oxygen atoms in total. The molecule has 0 fully saturated rings. The Labute approximate surface area is 134 Å². The summed E-state index contributed by atoms with van der Waals surface area (Å²) in [5.41, 5.74) is 0.678. The minimum Gasteiger partial charge on any atom is -0.494 e. The topological polar surface area (TPSA) is 68.2 Å². The third-order valence-electron chi connectivity index (χ3n) is 3.46. The number of amides is 2. The van der Waals surface area contributed by atoms with E-state index in [-0.39, 0.29) is 17.8 Å². The van der Waals surface area contributed by atoms with Crippen molar-refractivity contribution in [2.45, 2.75) is 25.9 Å². The van der Waals surface area contributed by atoms with Crippen molar-refractivity contribution in [1.82, 2.24) is 20.2 Å². The number of carbonyl (C=O) groups is 1. The van der Waals surface area contributed by atoms with Crippen LogP contribution in [-0.4, -0.2) is 29.2 Å². The minimum atomic E-state index is -0.445. The normalized spacial score (nSPS) is 11.8. The highest BCUT2D eigenvalue weighted by Gasteiger charge is 2.11. The predicted octanol–water partition coefficient (Wildman–Crippen LogP) is 2.48. The van der Waals surface area contributed by atoms with E-state index in [1.54, 1.807) is 31.6 Å². The number of benzene rings is 1. The van der Waals surface area contributed by atoms with Crippen LogP contribution < -0.4 is 15.4 Å². The Morgan fingerprint density at radius 3 is 2.96 bits per heavy atom. The van der Waals surface area contributed by atoms with Crippen molar-refractivity contribution in [2.24, 2.45) is 0 Å². The van der Waals surface area contributed by atoms with E-state index in [1.807, 2.05) is 10.8 Å². The van der Waals surface area contributed by atoms with Gasteiger partial charge < -0.3 is 19.9 Å². The Bertz CT molecular complexity index is 631. The molecule has 0 unspecified atom stereocenters. The maximum absolute atomic E-state index is 13.7. The molecule has 1 atom stereocenters. The summed E-state index contributed by atoms with van der Waals surface area (Å²) in [6.07, 6.45) is 6.13. The van der Waals surface area contributed by atoms with Gasteiger partial charge in [0.1, 0.15) is 0 Å². The van der Waals surface area contributed by atoms with E-state index >= 15 is 0 Å². The van der Waals surface area contributed by atoms with Crippen LogP contribution in [-0.2, 0) is 6.54 Å². The number of aromatic nitrogens is 2. The lowest BCUT2D eigenvalue weighted by Gasteiger charge is -2.16. The Kier molecular flexibility index (Phi) is 5.96. The molecule has 1 heterocycles. The van der Waals surface area contributed by atoms with Crippen molar-refractivity contribution in [3.8, 4) is 5.75 Å². The van der Waals surface area contributed by atoms with Crippen LogP contribution in [0.5, 0.6) is 5.75 Å². The van der Waals surface area contributed by atoms with Crippen LogP contribution >= 0.6 is 0 Å². The van der Waals surface area contributed by atoms with Gasteiger partial charge in [0.05, 0.1) is 19.5 Å². The first-order chi connectivity index (χ1) is 11.1. The van der Waals surface area contributed by atoms with E-state index < -0.39 is 5.82 Å². The second-order valence-electron chi connectivity index (χ2n) is 5.17. The molecule has 0 radical (unpaired) electrons. The van der Waals surface area contributed by atoms with Gasteiger partial charge in [-0.1, -0.05) is 6.07 Å². The van der Waals surface area contributed by atoms with Crippen molar-refractivity contribution in [3.05, 3.63) is 48.3 Å². The number of imidazole rings is 1. The lowest BCUT2D eigenvalue weighted by atomic mass is 10.1. The monoisotopic (exact) mass is 320 g/mol. The number of aryl methyl sites for hydroxylation is 1. The molecule has 2 rings (SSSR count). The van der Waals surface area contributed by atoms with Gasteiger partial charge >= 0.3 is 6.03 Å². The summed E-state index contributed by atoms with van der Waals surface area (Å²) in [7, 11) is 1.41. The molecule has 124 valence electrons. The van der Waals surface area contributed by atoms with Gasteiger partial charge in [0.15, 0.2) is 11.6 Å². The number of carbonyl (C=O) groups excluding carboxylic acids is 1. The van der Waals surface area contributed by atoms with Gasteiger partial charge in [-0.25, -0.2) is 14.2 Å². The molecule has 1 aromatic heterocycles. The molecule has 2 amide bonds. The van der Waals surface area contributed by atoms with E-state index in [0.717, 1.165) is 13.0 Å². The molecular formula is C16H21FN4O2. The molecule has 0 aliphatic heterocycles. The molecule has 0 saturated carbocycles. The number of urea groups is 1. The summed E-state index contributed by atoms with van der Waals surface area (Å²) in [5, 5.41) is 5.56. The average Bonchev–Trinajstić information content (AvgIpc) is 3.04. The predicted molar refractivity (Wildman–Crippen MR) is 84.7 cm³/mol. The number of rotatable bonds is 7. The average molecular weight is 320 g/mol. The van der Waals surface area contributed by atoms with Crippen LogP contribution in [0, 0.1) is 5.82 Å². The van der Waals surface area contributed by atoms with E-state index in [9.17, 15) is 9.18 Å². The molecule has 0 saturated heterocycles. The van der Waals surface area contributed by atoms with Crippen LogP contribution in [0.25, 0.3) is 0 Å². The lowest BCUT2D eigenvalue weighted by molar-refractivity contribution is 0.237. The van der Waals surface area contributed by atoms with E-state index in [1.165, 1.54) is 13.2 Å². The molecule has 0 spiro atoms. The Balaban J connectivity index is 1.74. The minimum absolute atomic E-state index is 0.185. The van der Waals surface area contributed by atoms with Gasteiger partial charge in [-0.2, -0.15) is 0 Å². The molecule has 0 aliphatic rings. The van der Waals surface area contributed by atoms with Gasteiger partial charge in [0.2, 0.25) is 0 Å². The highest BCUT2D eigenvalue weighted by atomic mass is 19.1. The summed E-state index contributed by atoms with van der Waals surface area (Å²) in [6.45, 7) is 3.14. The number of halogens is 1. The maximum Gasteiger partial charge on any atom is 0.315 e. The number of hydrogen-bond donors (Lipinski definition) is 2.